The largest absolute Gasteiger partial charge is 0.302 e. The Morgan fingerprint density at radius 2 is 2.11 bits per heavy atom. The highest BCUT2D eigenvalue weighted by atomic mass is 35.5. The van der Waals surface area contributed by atoms with Crippen molar-refractivity contribution >= 4 is 65.6 Å². The van der Waals surface area contributed by atoms with Crippen molar-refractivity contribution in [2.45, 2.75) is 17.1 Å². The summed E-state index contributed by atoms with van der Waals surface area (Å²) < 4.78 is 41.4. The fraction of sp³-hybridized carbons (Fsp3) is 0.294. The molecule has 1 aliphatic heterocycles. The van der Waals surface area contributed by atoms with Crippen molar-refractivity contribution < 1.29 is 17.6 Å². The van der Waals surface area contributed by atoms with Gasteiger partial charge in [0.15, 0.2) is 5.13 Å². The van der Waals surface area contributed by atoms with Crippen LogP contribution in [-0.2, 0) is 14.8 Å². The van der Waals surface area contributed by atoms with Gasteiger partial charge in [0.25, 0.3) is 10.0 Å². The number of anilines is 1. The molecule has 6 nitrogen and oxygen atoms in total. The minimum atomic E-state index is -3.67. The van der Waals surface area contributed by atoms with E-state index in [9.17, 15) is 17.6 Å². The van der Waals surface area contributed by atoms with Gasteiger partial charge < -0.3 is 5.32 Å². The van der Waals surface area contributed by atoms with Gasteiger partial charge in [-0.1, -0.05) is 22.9 Å². The van der Waals surface area contributed by atoms with Crippen LogP contribution in [0.3, 0.4) is 0 Å². The predicted octanol–water partition coefficient (Wildman–Crippen LogP) is 4.19. The zero-order chi connectivity index (χ0) is 19.9. The summed E-state index contributed by atoms with van der Waals surface area (Å²) >= 11 is 8.04. The molecule has 3 aromatic rings. The third-order valence-electron chi connectivity index (χ3n) is 4.48. The Kier molecular flexibility index (Phi) is 5.41. The predicted molar refractivity (Wildman–Crippen MR) is 109 cm³/mol. The maximum absolute atomic E-state index is 13.3. The molecule has 1 aromatic carbocycles. The van der Waals surface area contributed by atoms with E-state index in [-0.39, 0.29) is 22.5 Å². The summed E-state index contributed by atoms with van der Waals surface area (Å²) in [6, 6.07) is 7.26. The molecule has 0 spiro atoms. The van der Waals surface area contributed by atoms with E-state index in [4.69, 9.17) is 11.6 Å². The molecule has 1 aliphatic rings. The minimum Gasteiger partial charge on any atom is -0.302 e. The van der Waals surface area contributed by atoms with Crippen LogP contribution in [0.25, 0.3) is 10.2 Å². The second-order valence-electron chi connectivity index (χ2n) is 6.38. The van der Waals surface area contributed by atoms with E-state index in [1.165, 1.54) is 33.8 Å². The molecule has 1 saturated heterocycles. The summed E-state index contributed by atoms with van der Waals surface area (Å²) in [7, 11) is -3.67. The summed E-state index contributed by atoms with van der Waals surface area (Å²) in [5.74, 6) is -1.14. The first-order valence-corrected chi connectivity index (χ1v) is 11.9. The van der Waals surface area contributed by atoms with Crippen LogP contribution in [0.15, 0.2) is 34.5 Å². The number of sulfonamides is 1. The first-order chi connectivity index (χ1) is 13.3. The molecule has 1 N–H and O–H groups in total. The second kappa shape index (κ2) is 7.68. The maximum Gasteiger partial charge on any atom is 0.252 e. The number of rotatable bonds is 4. The van der Waals surface area contributed by atoms with Gasteiger partial charge in [-0.05, 0) is 43.2 Å². The molecule has 11 heteroatoms. The van der Waals surface area contributed by atoms with Crippen LogP contribution in [0, 0.1) is 11.7 Å². The Morgan fingerprint density at radius 3 is 2.86 bits per heavy atom. The van der Waals surface area contributed by atoms with Crippen molar-refractivity contribution in [1.29, 1.82) is 0 Å². The van der Waals surface area contributed by atoms with Gasteiger partial charge in [-0.15, -0.1) is 11.3 Å². The van der Waals surface area contributed by atoms with Gasteiger partial charge in [-0.3, -0.25) is 4.79 Å². The van der Waals surface area contributed by atoms with E-state index >= 15 is 0 Å². The minimum absolute atomic E-state index is 0.100. The van der Waals surface area contributed by atoms with Crippen LogP contribution in [0.4, 0.5) is 9.52 Å². The Hall–Kier alpha value is -1.59. The summed E-state index contributed by atoms with van der Waals surface area (Å²) in [5.41, 5.74) is 0.601. The third-order valence-corrected chi connectivity index (χ3v) is 8.98. The van der Waals surface area contributed by atoms with Gasteiger partial charge in [0.05, 0.1) is 20.5 Å². The van der Waals surface area contributed by atoms with Gasteiger partial charge >= 0.3 is 0 Å². The molecular formula is C17H15ClFN3O3S3. The Bertz CT molecular complexity index is 1140. The summed E-state index contributed by atoms with van der Waals surface area (Å²) in [5, 5.41) is 3.11. The molecule has 28 heavy (non-hydrogen) atoms. The normalized spacial score (nSPS) is 18.4. The van der Waals surface area contributed by atoms with Crippen LogP contribution in [-0.4, -0.2) is 36.7 Å². The SMILES string of the molecule is O=C(Nc1nc2ccc(F)cc2s1)C1CCCN(S(=O)(=O)c2ccc(Cl)s2)C1. The number of thiazole rings is 1. The molecule has 2 aromatic heterocycles. The molecule has 0 saturated carbocycles. The van der Waals surface area contributed by atoms with Crippen molar-refractivity contribution in [2.75, 3.05) is 18.4 Å². The van der Waals surface area contributed by atoms with Crippen LogP contribution >= 0.6 is 34.3 Å². The van der Waals surface area contributed by atoms with Gasteiger partial charge in [-0.2, -0.15) is 4.31 Å². The number of hydrogen-bond donors (Lipinski definition) is 1. The Balaban J connectivity index is 1.48. The standard InChI is InChI=1S/C17H15ClFN3O3S3/c18-14-5-6-15(27-14)28(24,25)22-7-1-2-10(9-22)16(23)21-17-20-12-4-3-11(19)8-13(12)26-17/h3-6,8,10H,1-2,7,9H2,(H,20,21,23). The number of fused-ring (bicyclic) bond motifs is 1. The molecule has 1 fully saturated rings. The van der Waals surface area contributed by atoms with Crippen LogP contribution < -0.4 is 5.32 Å². The number of carbonyl (C=O) groups is 1. The van der Waals surface area contributed by atoms with Crippen molar-refractivity contribution in [1.82, 2.24) is 9.29 Å². The number of halogens is 2. The first kappa shape index (κ1) is 19.7. The molecule has 0 aliphatic carbocycles. The van der Waals surface area contributed by atoms with E-state index in [1.54, 1.807) is 12.1 Å². The number of aromatic nitrogens is 1. The molecular weight excluding hydrogens is 445 g/mol. The van der Waals surface area contributed by atoms with Crippen LogP contribution in [0.2, 0.25) is 4.34 Å². The fourth-order valence-electron chi connectivity index (χ4n) is 3.10. The lowest BCUT2D eigenvalue weighted by molar-refractivity contribution is -0.120. The quantitative estimate of drug-likeness (QED) is 0.634. The number of thiophene rings is 1. The lowest BCUT2D eigenvalue weighted by atomic mass is 9.99. The van der Waals surface area contributed by atoms with Crippen LogP contribution in [0.1, 0.15) is 12.8 Å². The number of amides is 1. The van der Waals surface area contributed by atoms with E-state index in [0.29, 0.717) is 39.1 Å². The third kappa shape index (κ3) is 3.92. The molecule has 0 radical (unpaired) electrons. The zero-order valence-corrected chi connectivity index (χ0v) is 17.6. The number of nitrogens with zero attached hydrogens (tertiary/aromatic N) is 2. The molecule has 1 amide bonds. The molecule has 3 heterocycles. The molecule has 1 atom stereocenters. The number of piperidine rings is 1. The van der Waals surface area contributed by atoms with Gasteiger partial charge in [0, 0.05) is 13.1 Å². The van der Waals surface area contributed by atoms with Crippen molar-refractivity contribution in [2.24, 2.45) is 5.92 Å². The van der Waals surface area contributed by atoms with Gasteiger partial charge in [0.1, 0.15) is 10.0 Å². The van der Waals surface area contributed by atoms with E-state index in [2.05, 4.69) is 10.3 Å². The Morgan fingerprint density at radius 1 is 1.29 bits per heavy atom. The number of carbonyl (C=O) groups excluding carboxylic acids is 1. The molecule has 4 rings (SSSR count). The molecule has 1 unspecified atom stereocenters. The Labute approximate surface area is 174 Å². The lowest BCUT2D eigenvalue weighted by Gasteiger charge is -2.30. The van der Waals surface area contributed by atoms with Crippen molar-refractivity contribution in [3.63, 3.8) is 0 Å². The summed E-state index contributed by atoms with van der Waals surface area (Å²) in [4.78, 5) is 16.9. The van der Waals surface area contributed by atoms with Crippen molar-refractivity contribution in [3.05, 3.63) is 40.5 Å². The average Bonchev–Trinajstić information content (AvgIpc) is 3.27. The van der Waals surface area contributed by atoms with E-state index in [1.807, 2.05) is 0 Å². The number of benzene rings is 1. The second-order valence-corrected chi connectivity index (χ2v) is 11.3. The van der Waals surface area contributed by atoms with Crippen LogP contribution in [0.5, 0.6) is 0 Å². The lowest BCUT2D eigenvalue weighted by Crippen LogP contribution is -2.43. The monoisotopic (exact) mass is 459 g/mol. The summed E-state index contributed by atoms with van der Waals surface area (Å²) in [6.07, 6.45) is 1.17. The molecule has 148 valence electrons. The molecule has 0 bridgehead atoms. The van der Waals surface area contributed by atoms with Gasteiger partial charge in [0.2, 0.25) is 5.91 Å². The first-order valence-electron chi connectivity index (χ1n) is 8.45. The smallest absolute Gasteiger partial charge is 0.252 e. The van der Waals surface area contributed by atoms with Gasteiger partial charge in [-0.25, -0.2) is 17.8 Å². The summed E-state index contributed by atoms with van der Waals surface area (Å²) in [6.45, 7) is 0.464. The highest BCUT2D eigenvalue weighted by Crippen LogP contribution is 2.31. The van der Waals surface area contributed by atoms with E-state index in [0.717, 1.165) is 11.3 Å². The van der Waals surface area contributed by atoms with Crippen molar-refractivity contribution in [3.8, 4) is 0 Å². The topological polar surface area (TPSA) is 79.4 Å². The zero-order valence-electron chi connectivity index (χ0n) is 14.4. The fourth-order valence-corrected chi connectivity index (χ4v) is 7.15. The number of hydrogen-bond acceptors (Lipinski definition) is 6. The van der Waals surface area contributed by atoms with E-state index < -0.39 is 15.9 Å². The number of nitrogens with one attached hydrogen (secondary N) is 1. The highest BCUT2D eigenvalue weighted by Gasteiger charge is 2.34. The highest BCUT2D eigenvalue weighted by molar-refractivity contribution is 7.91. The average molecular weight is 460 g/mol. The maximum atomic E-state index is 13.3.